The zero-order valence-corrected chi connectivity index (χ0v) is 17.7. The van der Waals surface area contributed by atoms with Crippen molar-refractivity contribution >= 4 is 17.3 Å². The Morgan fingerprint density at radius 1 is 1.23 bits per heavy atom. The number of hydrogen-bond donors (Lipinski definition) is 1. The van der Waals surface area contributed by atoms with E-state index in [1.165, 1.54) is 18.2 Å². The number of aromatic nitrogens is 2. The smallest absolute Gasteiger partial charge is 0.138 e. The third-order valence-electron chi connectivity index (χ3n) is 5.73. The van der Waals surface area contributed by atoms with Gasteiger partial charge in [0.1, 0.15) is 30.1 Å². The number of nitriles is 2. The van der Waals surface area contributed by atoms with Gasteiger partial charge in [-0.15, -0.1) is 11.8 Å². The Balaban J connectivity index is 1.78. The number of nitrogens with zero attached hydrogens (tertiary/aromatic N) is 4. The molecular formula is C23H23N5OS. The van der Waals surface area contributed by atoms with E-state index in [1.807, 2.05) is 24.6 Å². The highest BCUT2D eigenvalue weighted by atomic mass is 32.2. The molecule has 0 amide bonds. The Kier molecular flexibility index (Phi) is 5.67. The fourth-order valence-electron chi connectivity index (χ4n) is 4.10. The molecule has 7 heteroatoms. The topological polar surface area (TPSA) is 100 Å². The molecule has 2 heterocycles. The second-order valence-corrected chi connectivity index (χ2v) is 8.61. The molecule has 0 saturated heterocycles. The van der Waals surface area contributed by atoms with E-state index in [1.54, 1.807) is 22.8 Å². The van der Waals surface area contributed by atoms with Crippen LogP contribution in [0, 0.1) is 22.7 Å². The number of nitrogens with two attached hydrogens (primary N) is 1. The molecule has 2 aromatic heterocycles. The zero-order valence-electron chi connectivity index (χ0n) is 16.9. The largest absolute Gasteiger partial charge is 0.490 e. The lowest BCUT2D eigenvalue weighted by Crippen LogP contribution is -2.47. The Morgan fingerprint density at radius 2 is 2.03 bits per heavy atom. The molecule has 0 aliphatic heterocycles. The van der Waals surface area contributed by atoms with E-state index < -0.39 is 0 Å². The van der Waals surface area contributed by atoms with Crippen molar-refractivity contribution in [1.29, 1.82) is 10.5 Å². The lowest BCUT2D eigenvalue weighted by molar-refractivity contribution is 0.173. The van der Waals surface area contributed by atoms with Crippen molar-refractivity contribution < 1.29 is 4.74 Å². The Bertz CT molecular complexity index is 1160. The SMILES string of the molecule is CSc1cc(-c2cnn3cccc(C#N)c23)cc(OCC2(N)CCCCC2)c1C#N. The molecule has 0 radical (unpaired) electrons. The van der Waals surface area contributed by atoms with Gasteiger partial charge in [-0.3, -0.25) is 0 Å². The van der Waals surface area contributed by atoms with E-state index in [0.717, 1.165) is 47.2 Å². The monoisotopic (exact) mass is 417 g/mol. The number of benzene rings is 1. The summed E-state index contributed by atoms with van der Waals surface area (Å²) in [7, 11) is 0. The van der Waals surface area contributed by atoms with Gasteiger partial charge in [-0.2, -0.15) is 15.6 Å². The highest BCUT2D eigenvalue weighted by Crippen LogP contribution is 2.37. The Morgan fingerprint density at radius 3 is 2.73 bits per heavy atom. The van der Waals surface area contributed by atoms with Crippen molar-refractivity contribution in [3.8, 4) is 29.0 Å². The number of rotatable bonds is 5. The summed E-state index contributed by atoms with van der Waals surface area (Å²) in [6, 6.07) is 11.9. The molecule has 6 nitrogen and oxygen atoms in total. The second-order valence-electron chi connectivity index (χ2n) is 7.76. The van der Waals surface area contributed by atoms with Crippen molar-refractivity contribution in [2.45, 2.75) is 42.5 Å². The maximum atomic E-state index is 9.77. The number of fused-ring (bicyclic) bond motifs is 1. The molecule has 0 unspecified atom stereocenters. The molecule has 152 valence electrons. The molecule has 1 saturated carbocycles. The minimum absolute atomic E-state index is 0.348. The molecule has 0 bridgehead atoms. The van der Waals surface area contributed by atoms with E-state index in [4.69, 9.17) is 10.5 Å². The van der Waals surface area contributed by atoms with Crippen molar-refractivity contribution in [3.63, 3.8) is 0 Å². The van der Waals surface area contributed by atoms with Crippen molar-refractivity contribution in [2.24, 2.45) is 5.73 Å². The van der Waals surface area contributed by atoms with Crippen LogP contribution in [0.2, 0.25) is 0 Å². The Hall–Kier alpha value is -3.00. The highest BCUT2D eigenvalue weighted by molar-refractivity contribution is 7.98. The molecule has 1 aromatic carbocycles. The fourth-order valence-corrected chi connectivity index (χ4v) is 4.69. The maximum absolute atomic E-state index is 9.77. The minimum atomic E-state index is -0.348. The molecule has 1 aliphatic carbocycles. The van der Waals surface area contributed by atoms with E-state index in [-0.39, 0.29) is 5.54 Å². The van der Waals surface area contributed by atoms with E-state index in [0.29, 0.717) is 23.5 Å². The van der Waals surface area contributed by atoms with Gasteiger partial charge in [0.2, 0.25) is 0 Å². The predicted octanol–water partition coefficient (Wildman–Crippen LogP) is 4.51. The van der Waals surface area contributed by atoms with Crippen LogP contribution in [0.3, 0.4) is 0 Å². The van der Waals surface area contributed by atoms with Crippen LogP contribution in [0.15, 0.2) is 41.6 Å². The van der Waals surface area contributed by atoms with Gasteiger partial charge in [0.15, 0.2) is 0 Å². The van der Waals surface area contributed by atoms with Gasteiger partial charge in [0.25, 0.3) is 0 Å². The molecule has 30 heavy (non-hydrogen) atoms. The lowest BCUT2D eigenvalue weighted by Gasteiger charge is -2.33. The maximum Gasteiger partial charge on any atom is 0.138 e. The number of ether oxygens (including phenoxy) is 1. The predicted molar refractivity (Wildman–Crippen MR) is 117 cm³/mol. The van der Waals surface area contributed by atoms with Crippen LogP contribution in [0.4, 0.5) is 0 Å². The van der Waals surface area contributed by atoms with Gasteiger partial charge in [-0.25, -0.2) is 4.52 Å². The van der Waals surface area contributed by atoms with Crippen LogP contribution in [-0.2, 0) is 0 Å². The third-order valence-corrected chi connectivity index (χ3v) is 6.50. The summed E-state index contributed by atoms with van der Waals surface area (Å²) in [5.41, 5.74) is 9.70. The summed E-state index contributed by atoms with van der Waals surface area (Å²) < 4.78 is 7.86. The van der Waals surface area contributed by atoms with Gasteiger partial charge in [0, 0.05) is 16.7 Å². The van der Waals surface area contributed by atoms with Crippen LogP contribution in [0.25, 0.3) is 16.6 Å². The van der Waals surface area contributed by atoms with E-state index >= 15 is 0 Å². The molecule has 3 aromatic rings. The second kappa shape index (κ2) is 8.39. The molecule has 1 aliphatic rings. The first-order chi connectivity index (χ1) is 14.6. The third kappa shape index (κ3) is 3.75. The van der Waals surface area contributed by atoms with Gasteiger partial charge in [-0.1, -0.05) is 19.3 Å². The standard InChI is InChI=1S/C23H23N5OS/c1-30-21-11-17(19-14-27-28-9-5-6-16(12-24)22(19)28)10-20(18(21)13-25)29-15-23(26)7-3-2-4-8-23/h5-6,9-11,14H,2-4,7-8,15,26H2,1H3. The molecule has 1 fully saturated rings. The van der Waals surface area contributed by atoms with E-state index in [2.05, 4.69) is 17.2 Å². The van der Waals surface area contributed by atoms with Crippen LogP contribution < -0.4 is 10.5 Å². The molecule has 4 rings (SSSR count). The highest BCUT2D eigenvalue weighted by Gasteiger charge is 2.29. The van der Waals surface area contributed by atoms with Crippen LogP contribution in [0.5, 0.6) is 5.75 Å². The quantitative estimate of drug-likeness (QED) is 0.613. The first-order valence-corrected chi connectivity index (χ1v) is 11.2. The van der Waals surface area contributed by atoms with Gasteiger partial charge in [0.05, 0.1) is 22.8 Å². The summed E-state index contributed by atoms with van der Waals surface area (Å²) in [5, 5.41) is 23.7. The summed E-state index contributed by atoms with van der Waals surface area (Å²) in [6.07, 6.45) is 10.8. The number of hydrogen-bond acceptors (Lipinski definition) is 6. The Labute approximate surface area is 180 Å². The lowest BCUT2D eigenvalue weighted by atomic mass is 9.83. The molecule has 2 N–H and O–H groups in total. The van der Waals surface area contributed by atoms with Gasteiger partial charge in [-0.05, 0) is 48.9 Å². The normalized spacial score (nSPS) is 15.5. The van der Waals surface area contributed by atoms with Crippen LogP contribution >= 0.6 is 11.8 Å². The van der Waals surface area contributed by atoms with Gasteiger partial charge < -0.3 is 10.5 Å². The first kappa shape index (κ1) is 20.3. The number of thioether (sulfide) groups is 1. The van der Waals surface area contributed by atoms with E-state index in [9.17, 15) is 10.5 Å². The van der Waals surface area contributed by atoms with Crippen molar-refractivity contribution in [3.05, 3.63) is 47.8 Å². The average molecular weight is 418 g/mol. The minimum Gasteiger partial charge on any atom is -0.490 e. The van der Waals surface area contributed by atoms with Gasteiger partial charge >= 0.3 is 0 Å². The summed E-state index contributed by atoms with van der Waals surface area (Å²) in [6.45, 7) is 0.386. The molecule has 0 spiro atoms. The van der Waals surface area contributed by atoms with Crippen molar-refractivity contribution in [1.82, 2.24) is 9.61 Å². The average Bonchev–Trinajstić information content (AvgIpc) is 3.22. The number of pyridine rings is 1. The first-order valence-electron chi connectivity index (χ1n) is 9.99. The molecule has 0 atom stereocenters. The summed E-state index contributed by atoms with van der Waals surface area (Å²) >= 11 is 1.50. The molecular weight excluding hydrogens is 394 g/mol. The summed E-state index contributed by atoms with van der Waals surface area (Å²) in [5.74, 6) is 0.531. The van der Waals surface area contributed by atoms with Crippen molar-refractivity contribution in [2.75, 3.05) is 12.9 Å². The van der Waals surface area contributed by atoms with Crippen LogP contribution in [-0.4, -0.2) is 28.0 Å². The zero-order chi connectivity index (χ0) is 21.1. The summed E-state index contributed by atoms with van der Waals surface area (Å²) in [4.78, 5) is 0.827. The fraction of sp³-hybridized carbons (Fsp3) is 0.348. The van der Waals surface area contributed by atoms with Crippen LogP contribution in [0.1, 0.15) is 43.2 Å².